The van der Waals surface area contributed by atoms with Gasteiger partial charge in [-0.3, -0.25) is 4.98 Å². The molecular weight excluding hydrogens is 464 g/mol. The van der Waals surface area contributed by atoms with Crippen LogP contribution < -0.4 is 5.32 Å². The van der Waals surface area contributed by atoms with E-state index in [4.69, 9.17) is 4.74 Å². The Balaban J connectivity index is 1.79. The van der Waals surface area contributed by atoms with Crippen molar-refractivity contribution in [3.63, 3.8) is 0 Å². The van der Waals surface area contributed by atoms with Gasteiger partial charge < -0.3 is 10.1 Å². The van der Waals surface area contributed by atoms with Gasteiger partial charge in [0.15, 0.2) is 5.65 Å². The highest BCUT2D eigenvalue weighted by atomic mass is 19.4. The first-order chi connectivity index (χ1) is 16.1. The lowest BCUT2D eigenvalue weighted by atomic mass is 10.1. The highest BCUT2D eigenvalue weighted by Crippen LogP contribution is 2.36. The van der Waals surface area contributed by atoms with Crippen molar-refractivity contribution in [3.05, 3.63) is 71.7 Å². The Morgan fingerprint density at radius 3 is 2.35 bits per heavy atom. The van der Waals surface area contributed by atoms with Crippen LogP contribution in [-0.4, -0.2) is 27.0 Å². The lowest BCUT2D eigenvalue weighted by molar-refractivity contribution is -0.138. The second kappa shape index (κ2) is 8.86. The summed E-state index contributed by atoms with van der Waals surface area (Å²) in [4.78, 5) is 16.2. The van der Waals surface area contributed by atoms with Crippen molar-refractivity contribution in [1.82, 2.24) is 19.9 Å². The Morgan fingerprint density at radius 1 is 0.912 bits per heavy atom. The summed E-state index contributed by atoms with van der Waals surface area (Å²) in [6, 6.07) is 8.59. The molecule has 176 valence electrons. The number of rotatable bonds is 5. The van der Waals surface area contributed by atoms with Gasteiger partial charge in [-0.25, -0.2) is 15.0 Å². The van der Waals surface area contributed by atoms with E-state index in [-0.39, 0.29) is 29.5 Å². The van der Waals surface area contributed by atoms with Gasteiger partial charge in [-0.15, -0.1) is 0 Å². The molecule has 4 rings (SSSR count). The topological polar surface area (TPSA) is 72.8 Å². The number of aromatic nitrogens is 4. The maximum Gasteiger partial charge on any atom is 0.418 e. The smallest absolute Gasteiger partial charge is 0.378 e. The van der Waals surface area contributed by atoms with Crippen LogP contribution in [0.5, 0.6) is 0 Å². The predicted octanol–water partition coefficient (Wildman–Crippen LogP) is 6.01. The maximum atomic E-state index is 13.4. The Bertz CT molecular complexity index is 1320. The number of pyridine rings is 4. The average Bonchev–Trinajstić information content (AvgIpc) is 2.78. The predicted molar refractivity (Wildman–Crippen MR) is 111 cm³/mol. The van der Waals surface area contributed by atoms with Crippen molar-refractivity contribution in [3.8, 4) is 11.4 Å². The summed E-state index contributed by atoms with van der Waals surface area (Å²) >= 11 is 0. The second-order valence-electron chi connectivity index (χ2n) is 7.11. The van der Waals surface area contributed by atoms with Crippen molar-refractivity contribution >= 4 is 22.5 Å². The van der Waals surface area contributed by atoms with E-state index in [9.17, 15) is 26.3 Å². The van der Waals surface area contributed by atoms with Gasteiger partial charge in [0.1, 0.15) is 11.5 Å². The van der Waals surface area contributed by atoms with Crippen LogP contribution in [-0.2, 0) is 23.7 Å². The molecular formula is C22H15F6N5O. The van der Waals surface area contributed by atoms with Crippen LogP contribution in [0.1, 0.15) is 16.8 Å². The highest BCUT2D eigenvalue weighted by Gasteiger charge is 2.34. The molecule has 0 aliphatic carbocycles. The van der Waals surface area contributed by atoms with Gasteiger partial charge in [-0.2, -0.15) is 26.3 Å². The molecule has 6 nitrogen and oxygen atoms in total. The third kappa shape index (κ3) is 4.91. The molecule has 0 aliphatic heterocycles. The van der Waals surface area contributed by atoms with Crippen molar-refractivity contribution in [2.24, 2.45) is 0 Å². The van der Waals surface area contributed by atoms with E-state index in [0.29, 0.717) is 23.0 Å². The van der Waals surface area contributed by atoms with Crippen LogP contribution >= 0.6 is 0 Å². The van der Waals surface area contributed by atoms with Gasteiger partial charge in [0, 0.05) is 24.9 Å². The summed E-state index contributed by atoms with van der Waals surface area (Å²) < 4.78 is 83.8. The third-order valence-corrected chi connectivity index (χ3v) is 4.73. The molecule has 0 atom stereocenters. The molecule has 0 spiro atoms. The van der Waals surface area contributed by atoms with E-state index in [1.807, 2.05) is 0 Å². The van der Waals surface area contributed by atoms with E-state index < -0.39 is 23.5 Å². The fourth-order valence-corrected chi connectivity index (χ4v) is 3.23. The molecule has 34 heavy (non-hydrogen) atoms. The molecule has 0 saturated heterocycles. The summed E-state index contributed by atoms with van der Waals surface area (Å²) in [5, 5.41) is 3.32. The number of nitrogens with zero attached hydrogens (tertiary/aromatic N) is 4. The summed E-state index contributed by atoms with van der Waals surface area (Å²) in [7, 11) is 1.43. The third-order valence-electron chi connectivity index (χ3n) is 4.73. The largest absolute Gasteiger partial charge is 0.418 e. The van der Waals surface area contributed by atoms with Gasteiger partial charge in [-0.05, 0) is 42.5 Å². The Morgan fingerprint density at radius 2 is 1.71 bits per heavy atom. The molecule has 0 radical (unpaired) electrons. The number of hydrogen-bond donors (Lipinski definition) is 1. The Labute approximate surface area is 188 Å². The standard InChI is InChI=1S/C22H15F6N5O/c1-34-11-13-9-17(32-18-7-4-12(10-30-18)21(23,24)25)14-5-6-16(33-20(14)31-13)19-15(22(26,27)28)3-2-8-29-19/h2-10H,11H2,1H3,(H,30,31,32,33). The maximum absolute atomic E-state index is 13.4. The molecule has 0 bridgehead atoms. The van der Waals surface area contributed by atoms with Crippen LogP contribution in [0.3, 0.4) is 0 Å². The first-order valence-corrected chi connectivity index (χ1v) is 9.69. The van der Waals surface area contributed by atoms with E-state index >= 15 is 0 Å². The SMILES string of the molecule is COCc1cc(Nc2ccc(C(F)(F)F)cn2)c2ccc(-c3ncccc3C(F)(F)F)nc2n1. The lowest BCUT2D eigenvalue weighted by Gasteiger charge is -2.14. The summed E-state index contributed by atoms with van der Waals surface area (Å²) in [5.74, 6) is 0.122. The quantitative estimate of drug-likeness (QED) is 0.353. The minimum atomic E-state index is -4.63. The fourth-order valence-electron chi connectivity index (χ4n) is 3.23. The van der Waals surface area contributed by atoms with Gasteiger partial charge in [0.05, 0.1) is 34.8 Å². The number of alkyl halides is 6. The van der Waals surface area contributed by atoms with E-state index in [0.717, 1.165) is 18.2 Å². The molecule has 4 aromatic heterocycles. The normalized spacial score (nSPS) is 12.2. The molecule has 0 amide bonds. The number of nitrogens with one attached hydrogen (secondary N) is 1. The summed E-state index contributed by atoms with van der Waals surface area (Å²) in [5.41, 5.74) is -1.36. The van der Waals surface area contributed by atoms with Crippen molar-refractivity contribution in [2.45, 2.75) is 19.0 Å². The first-order valence-electron chi connectivity index (χ1n) is 9.69. The average molecular weight is 479 g/mol. The van der Waals surface area contributed by atoms with Crippen molar-refractivity contribution in [1.29, 1.82) is 0 Å². The molecule has 0 fully saturated rings. The van der Waals surface area contributed by atoms with Gasteiger partial charge in [-0.1, -0.05) is 0 Å². The second-order valence-corrected chi connectivity index (χ2v) is 7.11. The van der Waals surface area contributed by atoms with E-state index in [1.165, 1.54) is 31.5 Å². The fraction of sp³-hybridized carbons (Fsp3) is 0.182. The van der Waals surface area contributed by atoms with Crippen LogP contribution in [0.4, 0.5) is 37.8 Å². The molecule has 4 heterocycles. The van der Waals surface area contributed by atoms with Crippen LogP contribution in [0, 0.1) is 0 Å². The van der Waals surface area contributed by atoms with Crippen LogP contribution in [0.15, 0.2) is 54.9 Å². The number of fused-ring (bicyclic) bond motifs is 1. The molecule has 1 N–H and O–H groups in total. The summed E-state index contributed by atoms with van der Waals surface area (Å²) in [6.45, 7) is 0.0638. The molecule has 0 aromatic carbocycles. The summed E-state index contributed by atoms with van der Waals surface area (Å²) in [6.07, 6.45) is -7.24. The number of hydrogen-bond acceptors (Lipinski definition) is 6. The number of methoxy groups -OCH3 is 1. The van der Waals surface area contributed by atoms with E-state index in [1.54, 1.807) is 6.07 Å². The zero-order valence-electron chi connectivity index (χ0n) is 17.4. The minimum Gasteiger partial charge on any atom is -0.378 e. The van der Waals surface area contributed by atoms with Gasteiger partial charge in [0.25, 0.3) is 0 Å². The lowest BCUT2D eigenvalue weighted by Crippen LogP contribution is -2.09. The van der Waals surface area contributed by atoms with Gasteiger partial charge >= 0.3 is 12.4 Å². The van der Waals surface area contributed by atoms with Crippen molar-refractivity contribution in [2.75, 3.05) is 12.4 Å². The minimum absolute atomic E-state index is 0.0407. The first kappa shape index (κ1) is 23.4. The number of anilines is 2. The van der Waals surface area contributed by atoms with E-state index in [2.05, 4.69) is 25.3 Å². The number of halogens is 6. The molecule has 0 saturated carbocycles. The zero-order valence-corrected chi connectivity index (χ0v) is 17.4. The van der Waals surface area contributed by atoms with Gasteiger partial charge in [0.2, 0.25) is 0 Å². The zero-order chi connectivity index (χ0) is 24.5. The van der Waals surface area contributed by atoms with Crippen LogP contribution in [0.2, 0.25) is 0 Å². The molecule has 0 aliphatic rings. The Kier molecular flexibility index (Phi) is 6.09. The molecule has 12 heteroatoms. The highest BCUT2D eigenvalue weighted by molar-refractivity contribution is 5.92. The van der Waals surface area contributed by atoms with Crippen LogP contribution in [0.25, 0.3) is 22.4 Å². The number of ether oxygens (including phenoxy) is 1. The Hall–Kier alpha value is -3.80. The monoisotopic (exact) mass is 479 g/mol. The van der Waals surface area contributed by atoms with Crippen molar-refractivity contribution < 1.29 is 31.1 Å². The molecule has 0 unspecified atom stereocenters. The molecule has 4 aromatic rings.